The molecule has 1 aliphatic heterocycles. The molecule has 11 rings (SSSR count). The van der Waals surface area contributed by atoms with Crippen molar-refractivity contribution in [2.75, 3.05) is 0 Å². The molecule has 5 heteroatoms. The van der Waals surface area contributed by atoms with Gasteiger partial charge in [-0.1, -0.05) is 121 Å². The predicted molar refractivity (Wildman–Crippen MR) is 224 cm³/mol. The Balaban J connectivity index is 1.10. The fraction of sp³-hybridized carbons (Fsp3) is 0.0588. The van der Waals surface area contributed by atoms with Crippen molar-refractivity contribution >= 4 is 10.8 Å². The number of ether oxygens (including phenoxy) is 1. The van der Waals surface area contributed by atoms with Crippen LogP contribution in [0.2, 0.25) is 0 Å². The second-order valence-corrected chi connectivity index (χ2v) is 14.7. The summed E-state index contributed by atoms with van der Waals surface area (Å²) in [5, 5.41) is 2.26. The largest absolute Gasteiger partial charge is 0.457 e. The molecule has 1 spiro atoms. The third kappa shape index (κ3) is 4.74. The topological polar surface area (TPSA) is 60.8 Å². The molecule has 5 nitrogen and oxygen atoms in total. The maximum Gasteiger partial charge on any atom is 0.163 e. The molecule has 1 unspecified atom stereocenters. The molecule has 0 amide bonds. The van der Waals surface area contributed by atoms with E-state index in [0.717, 1.165) is 72.3 Å². The molecule has 0 saturated carbocycles. The maximum absolute atomic E-state index is 6.75. The Morgan fingerprint density at radius 2 is 1.16 bits per heavy atom. The van der Waals surface area contributed by atoms with Crippen molar-refractivity contribution in [1.82, 2.24) is 19.9 Å². The monoisotopic (exact) mass is 718 g/mol. The van der Waals surface area contributed by atoms with Crippen molar-refractivity contribution in [2.45, 2.75) is 19.3 Å². The van der Waals surface area contributed by atoms with E-state index in [2.05, 4.69) is 175 Å². The minimum atomic E-state index is -0.619. The molecule has 7 aromatic carbocycles. The summed E-state index contributed by atoms with van der Waals surface area (Å²) in [7, 11) is 0. The Bertz CT molecular complexity index is 3050. The zero-order valence-corrected chi connectivity index (χ0v) is 30.9. The van der Waals surface area contributed by atoms with E-state index < -0.39 is 5.41 Å². The Morgan fingerprint density at radius 3 is 2.11 bits per heavy atom. The number of hydrogen-bond donors (Lipinski definition) is 0. The van der Waals surface area contributed by atoms with Crippen LogP contribution >= 0.6 is 0 Å². The van der Waals surface area contributed by atoms with Gasteiger partial charge in [0, 0.05) is 40.2 Å². The van der Waals surface area contributed by atoms with Crippen LogP contribution in [-0.4, -0.2) is 19.9 Å². The normalized spacial score (nSPS) is 14.8. The molecule has 9 aromatic rings. The van der Waals surface area contributed by atoms with E-state index in [9.17, 15) is 0 Å². The molecule has 0 saturated heterocycles. The van der Waals surface area contributed by atoms with E-state index in [0.29, 0.717) is 11.6 Å². The number of benzene rings is 7. The molecule has 0 radical (unpaired) electrons. The lowest BCUT2D eigenvalue weighted by atomic mass is 9.65. The average Bonchev–Trinajstić information content (AvgIpc) is 3.54. The van der Waals surface area contributed by atoms with Gasteiger partial charge in [0.2, 0.25) is 0 Å². The van der Waals surface area contributed by atoms with Crippen molar-refractivity contribution in [3.05, 3.63) is 204 Å². The second kappa shape index (κ2) is 12.4. The highest BCUT2D eigenvalue weighted by atomic mass is 16.5. The Morgan fingerprint density at radius 1 is 0.464 bits per heavy atom. The highest BCUT2D eigenvalue weighted by Gasteiger charge is 2.51. The first kappa shape index (κ1) is 32.2. The van der Waals surface area contributed by atoms with Gasteiger partial charge in [0.15, 0.2) is 11.6 Å². The second-order valence-electron chi connectivity index (χ2n) is 14.7. The maximum atomic E-state index is 6.75. The van der Waals surface area contributed by atoms with Gasteiger partial charge < -0.3 is 4.74 Å². The average molecular weight is 719 g/mol. The van der Waals surface area contributed by atoms with Crippen LogP contribution in [0.25, 0.3) is 66.9 Å². The van der Waals surface area contributed by atoms with Gasteiger partial charge in [-0.3, -0.25) is 4.98 Å². The van der Waals surface area contributed by atoms with Crippen molar-refractivity contribution in [1.29, 1.82) is 0 Å². The van der Waals surface area contributed by atoms with E-state index in [1.807, 2.05) is 12.4 Å². The van der Waals surface area contributed by atoms with Crippen LogP contribution in [0.3, 0.4) is 0 Å². The number of hydrogen-bond acceptors (Lipinski definition) is 5. The van der Waals surface area contributed by atoms with E-state index in [4.69, 9.17) is 14.7 Å². The summed E-state index contributed by atoms with van der Waals surface area (Å²) in [5.41, 5.74) is 15.3. The van der Waals surface area contributed by atoms with Crippen LogP contribution in [0.4, 0.5) is 0 Å². The standard InChI is InChI=1S/C51H34N4O/c1-31-28-52-29-42(32(31)2)36-14-9-13-34(25-36)35-22-24-48-46(27-35)51(45-19-7-8-20-47(45)56-48)43-18-6-5-16-39(43)41-26-37(21-23-44(41)51)49-53-30-54-50(55-49)40-17-10-12-33-11-3-4-15-38(33)40/h3-30H,1-2H3. The number of rotatable bonds is 4. The van der Waals surface area contributed by atoms with Crippen molar-refractivity contribution in [3.8, 4) is 67.7 Å². The molecular weight excluding hydrogens is 685 g/mol. The first-order chi connectivity index (χ1) is 27.6. The molecule has 3 heterocycles. The molecule has 2 aliphatic rings. The molecule has 56 heavy (non-hydrogen) atoms. The van der Waals surface area contributed by atoms with Gasteiger partial charge in [0.05, 0.1) is 5.41 Å². The summed E-state index contributed by atoms with van der Waals surface area (Å²) in [6.45, 7) is 4.28. The molecule has 264 valence electrons. The molecule has 0 N–H and O–H groups in total. The lowest BCUT2D eigenvalue weighted by Gasteiger charge is -2.39. The van der Waals surface area contributed by atoms with Gasteiger partial charge in [0.25, 0.3) is 0 Å². The molecule has 0 bridgehead atoms. The van der Waals surface area contributed by atoms with Crippen LogP contribution < -0.4 is 4.74 Å². The highest BCUT2D eigenvalue weighted by Crippen LogP contribution is 2.62. The van der Waals surface area contributed by atoms with Crippen molar-refractivity contribution in [3.63, 3.8) is 0 Å². The van der Waals surface area contributed by atoms with Gasteiger partial charge in [-0.05, 0) is 105 Å². The van der Waals surface area contributed by atoms with E-state index in [-0.39, 0.29) is 0 Å². The SMILES string of the molecule is Cc1cncc(-c2cccc(-c3ccc4c(c3)C3(c5ccccc5O4)c4ccccc4-c4cc(-c5ncnc(-c6cccc7ccccc67)n5)ccc43)c2)c1C. The minimum absolute atomic E-state index is 0.619. The number of fused-ring (bicyclic) bond motifs is 10. The van der Waals surface area contributed by atoms with Crippen molar-refractivity contribution in [2.24, 2.45) is 0 Å². The van der Waals surface area contributed by atoms with Gasteiger partial charge >= 0.3 is 0 Å². The van der Waals surface area contributed by atoms with Crippen molar-refractivity contribution < 1.29 is 4.74 Å². The first-order valence-corrected chi connectivity index (χ1v) is 18.9. The summed E-state index contributed by atoms with van der Waals surface area (Å²) in [6, 6.07) is 54.0. The summed E-state index contributed by atoms with van der Waals surface area (Å²) in [5.74, 6) is 3.01. The quantitative estimate of drug-likeness (QED) is 0.181. The van der Waals surface area contributed by atoms with Crippen LogP contribution in [-0.2, 0) is 5.41 Å². The number of aromatic nitrogens is 4. The smallest absolute Gasteiger partial charge is 0.163 e. The number of para-hydroxylation sites is 1. The number of pyridine rings is 1. The Kier molecular flexibility index (Phi) is 7.13. The first-order valence-electron chi connectivity index (χ1n) is 18.9. The summed E-state index contributed by atoms with van der Waals surface area (Å²) >= 11 is 0. The zero-order valence-electron chi connectivity index (χ0n) is 30.9. The Hall–Kier alpha value is -7.24. The van der Waals surface area contributed by atoms with E-state index in [1.54, 1.807) is 6.33 Å². The highest BCUT2D eigenvalue weighted by molar-refractivity contribution is 5.95. The lowest BCUT2D eigenvalue weighted by Crippen LogP contribution is -2.32. The van der Waals surface area contributed by atoms with Gasteiger partial charge in [0.1, 0.15) is 17.8 Å². The molecule has 2 aromatic heterocycles. The van der Waals surface area contributed by atoms with Crippen LogP contribution in [0.15, 0.2) is 170 Å². The summed E-state index contributed by atoms with van der Waals surface area (Å²) < 4.78 is 6.75. The van der Waals surface area contributed by atoms with Crippen LogP contribution in [0.1, 0.15) is 33.4 Å². The fourth-order valence-electron chi connectivity index (χ4n) is 9.00. The molecular formula is C51H34N4O. The zero-order chi connectivity index (χ0) is 37.4. The molecule has 1 aliphatic carbocycles. The molecule has 1 atom stereocenters. The predicted octanol–water partition coefficient (Wildman–Crippen LogP) is 12.2. The van der Waals surface area contributed by atoms with Crippen LogP contribution in [0.5, 0.6) is 11.5 Å². The third-order valence-electron chi connectivity index (χ3n) is 11.8. The number of nitrogens with zero attached hydrogens (tertiary/aromatic N) is 4. The van der Waals surface area contributed by atoms with Gasteiger partial charge in [-0.2, -0.15) is 0 Å². The van der Waals surface area contributed by atoms with Gasteiger partial charge in [-0.25, -0.2) is 15.0 Å². The Labute approximate surface area is 325 Å². The molecule has 0 fully saturated rings. The van der Waals surface area contributed by atoms with Crippen LogP contribution in [0, 0.1) is 13.8 Å². The number of aryl methyl sites for hydroxylation is 1. The summed E-state index contributed by atoms with van der Waals surface area (Å²) in [4.78, 5) is 18.9. The van der Waals surface area contributed by atoms with E-state index >= 15 is 0 Å². The fourth-order valence-corrected chi connectivity index (χ4v) is 9.00. The lowest BCUT2D eigenvalue weighted by molar-refractivity contribution is 0.436. The van der Waals surface area contributed by atoms with Gasteiger partial charge in [-0.15, -0.1) is 0 Å². The van der Waals surface area contributed by atoms with E-state index in [1.165, 1.54) is 27.8 Å². The minimum Gasteiger partial charge on any atom is -0.457 e. The third-order valence-corrected chi connectivity index (χ3v) is 11.8. The summed E-state index contributed by atoms with van der Waals surface area (Å²) in [6.07, 6.45) is 5.52.